The Morgan fingerprint density at radius 1 is 0.848 bits per heavy atom. The molecule has 1 aromatic rings. The Bertz CT molecular complexity index is 982. The molecule has 0 bridgehead atoms. The van der Waals surface area contributed by atoms with Crippen molar-refractivity contribution in [2.75, 3.05) is 19.6 Å². The molecule has 1 aliphatic carbocycles. The molecular formula is C19H34B10N2O2. The summed E-state index contributed by atoms with van der Waals surface area (Å²) in [5.41, 5.74) is 2.52. The van der Waals surface area contributed by atoms with Crippen LogP contribution < -0.4 is 0 Å². The number of piperazine rings is 1. The average Bonchev–Trinajstić information content (AvgIpc) is 2.71. The van der Waals surface area contributed by atoms with Crippen LogP contribution in [0.5, 0.6) is 0 Å². The quantitative estimate of drug-likeness (QED) is 0.416. The number of benzene rings is 1. The van der Waals surface area contributed by atoms with Gasteiger partial charge in [-0.25, -0.2) is 0 Å². The van der Waals surface area contributed by atoms with E-state index in [1.54, 1.807) is 0 Å². The van der Waals surface area contributed by atoms with Crippen molar-refractivity contribution >= 4 is 90.3 Å². The van der Waals surface area contributed by atoms with Crippen molar-refractivity contribution in [3.05, 3.63) is 35.4 Å². The maximum absolute atomic E-state index is 14.5. The lowest BCUT2D eigenvalue weighted by Gasteiger charge is -2.75. The molecule has 2 fully saturated rings. The second kappa shape index (κ2) is 7.40. The van der Waals surface area contributed by atoms with Gasteiger partial charge in [-0.05, 0) is 17.5 Å². The first kappa shape index (κ1) is 24.9. The van der Waals surface area contributed by atoms with E-state index in [1.807, 2.05) is 15.9 Å². The lowest BCUT2D eigenvalue weighted by molar-refractivity contribution is -0.152. The fourth-order valence-electron chi connectivity index (χ4n) is 7.66. The van der Waals surface area contributed by atoms with Crippen molar-refractivity contribution in [3.8, 4) is 0 Å². The third-order valence-electron chi connectivity index (χ3n) is 11.8. The Balaban J connectivity index is 1.75. The number of hydrogen-bond acceptors (Lipinski definition) is 2. The van der Waals surface area contributed by atoms with Gasteiger partial charge in [0, 0.05) is 19.0 Å². The van der Waals surface area contributed by atoms with E-state index in [1.165, 1.54) is 11.1 Å². The van der Waals surface area contributed by atoms with Crippen LogP contribution in [0.2, 0.25) is 26.1 Å². The van der Waals surface area contributed by atoms with E-state index in [0.717, 1.165) is 13.0 Å². The summed E-state index contributed by atoms with van der Waals surface area (Å²) in [6.07, 6.45) is 0.895. The molecule has 4 nitrogen and oxygen atoms in total. The highest BCUT2D eigenvalue weighted by Gasteiger charge is 2.68. The highest BCUT2D eigenvalue weighted by molar-refractivity contribution is 6.70. The molecule has 33 heavy (non-hydrogen) atoms. The zero-order valence-corrected chi connectivity index (χ0v) is 22.5. The van der Waals surface area contributed by atoms with E-state index < -0.39 is 0 Å². The van der Waals surface area contributed by atoms with Gasteiger partial charge in [0.05, 0.1) is 91.0 Å². The van der Waals surface area contributed by atoms with E-state index in [9.17, 15) is 9.59 Å². The standard InChI is InChI=1S/C19H34B10N2O2/c20-15(21)13(16(22,23)18(26,27)19(28,29)17(15,24)25)14(33)30-7-11-10-4-2-1-3-9(10)5-6-31(11)12(32)8-30/h1-4,11,13H,5-8,20-29H2. The predicted octanol–water partition coefficient (Wildman–Crippen LogP) is -7.50. The molecular weight excluding hydrogens is 396 g/mol. The summed E-state index contributed by atoms with van der Waals surface area (Å²) in [4.78, 5) is 31.6. The lowest BCUT2D eigenvalue weighted by atomic mass is 9.00. The van der Waals surface area contributed by atoms with Crippen LogP contribution in [0.1, 0.15) is 17.2 Å². The predicted molar refractivity (Wildman–Crippen MR) is 164 cm³/mol. The molecule has 1 saturated heterocycles. The van der Waals surface area contributed by atoms with Crippen molar-refractivity contribution in [2.24, 2.45) is 5.92 Å². The molecule has 1 unspecified atom stereocenters. The van der Waals surface area contributed by atoms with E-state index in [2.05, 4.69) is 96.7 Å². The van der Waals surface area contributed by atoms with Gasteiger partial charge in [0.1, 0.15) is 0 Å². The van der Waals surface area contributed by atoms with Crippen LogP contribution in [-0.2, 0) is 16.0 Å². The number of carbonyl (C=O) groups excluding carboxylic acids is 2. The van der Waals surface area contributed by atoms with E-state index in [-0.39, 0.29) is 56.4 Å². The van der Waals surface area contributed by atoms with Gasteiger partial charge in [-0.15, -0.1) is 15.6 Å². The second-order valence-electron chi connectivity index (χ2n) is 13.5. The Morgan fingerprint density at radius 2 is 1.39 bits per heavy atom. The van der Waals surface area contributed by atoms with E-state index in [0.29, 0.717) is 6.54 Å². The molecule has 1 aromatic carbocycles. The SMILES string of the molecule is BC1(B)C(C(=O)N2CC(=O)N3CCc4ccccc4C3C2)C(B)(B)C(B)(B)C(B)(B)C1(B)B. The number of carbonyl (C=O) groups is 2. The van der Waals surface area contributed by atoms with E-state index >= 15 is 0 Å². The summed E-state index contributed by atoms with van der Waals surface area (Å²) >= 11 is 0. The van der Waals surface area contributed by atoms with Gasteiger partial charge >= 0.3 is 0 Å². The van der Waals surface area contributed by atoms with Crippen LogP contribution in [0.4, 0.5) is 0 Å². The maximum Gasteiger partial charge on any atom is 0.242 e. The van der Waals surface area contributed by atoms with Gasteiger partial charge in [-0.3, -0.25) is 9.59 Å². The molecule has 162 valence electrons. The molecule has 1 saturated carbocycles. The van der Waals surface area contributed by atoms with Crippen LogP contribution in [0, 0.1) is 5.92 Å². The van der Waals surface area contributed by atoms with Gasteiger partial charge in [0.25, 0.3) is 0 Å². The molecule has 1 atom stereocenters. The summed E-state index contributed by atoms with van der Waals surface area (Å²) in [6.45, 7) is 1.54. The number of hydrogen-bond donors (Lipinski definition) is 0. The van der Waals surface area contributed by atoms with Gasteiger partial charge in [-0.1, -0.05) is 34.7 Å². The van der Waals surface area contributed by atoms with Crippen molar-refractivity contribution in [1.82, 2.24) is 9.80 Å². The lowest BCUT2D eigenvalue weighted by Crippen LogP contribution is -2.67. The van der Waals surface area contributed by atoms with Crippen molar-refractivity contribution in [3.63, 3.8) is 0 Å². The number of amides is 2. The minimum atomic E-state index is -0.239. The minimum Gasteiger partial charge on any atom is -0.332 e. The van der Waals surface area contributed by atoms with Crippen LogP contribution in [0.3, 0.4) is 0 Å². The molecule has 2 aliphatic heterocycles. The number of rotatable bonds is 1. The normalized spacial score (nSPS) is 29.0. The third kappa shape index (κ3) is 3.10. The highest BCUT2D eigenvalue weighted by atomic mass is 16.2. The molecule has 3 aliphatic rings. The Hall–Kier alpha value is -1.19. The fraction of sp³-hybridized carbons (Fsp3) is 0.579. The molecule has 2 heterocycles. The summed E-state index contributed by atoms with van der Waals surface area (Å²) in [5.74, 6) is 0.0540. The van der Waals surface area contributed by atoms with Crippen molar-refractivity contribution in [1.29, 1.82) is 0 Å². The highest BCUT2D eigenvalue weighted by Crippen LogP contribution is 2.80. The molecule has 4 rings (SSSR count). The van der Waals surface area contributed by atoms with Gasteiger partial charge in [-0.2, -0.15) is 0 Å². The van der Waals surface area contributed by atoms with Gasteiger partial charge < -0.3 is 9.80 Å². The second-order valence-corrected chi connectivity index (χ2v) is 13.5. The van der Waals surface area contributed by atoms with Crippen molar-refractivity contribution < 1.29 is 9.59 Å². The van der Waals surface area contributed by atoms with Gasteiger partial charge in [0.15, 0.2) is 0 Å². The molecule has 0 aromatic heterocycles. The summed E-state index contributed by atoms with van der Waals surface area (Å²) in [6, 6.07) is 8.39. The first-order chi connectivity index (χ1) is 15.0. The van der Waals surface area contributed by atoms with Crippen LogP contribution in [-0.4, -0.2) is 120 Å². The molecule has 0 radical (unpaired) electrons. The monoisotopic (exact) mass is 432 g/mol. The Morgan fingerprint density at radius 3 is 1.97 bits per heavy atom. The maximum atomic E-state index is 14.5. The largest absolute Gasteiger partial charge is 0.332 e. The molecule has 2 amide bonds. The van der Waals surface area contributed by atoms with Gasteiger partial charge in [0.2, 0.25) is 11.8 Å². The Labute approximate surface area is 209 Å². The average molecular weight is 431 g/mol. The summed E-state index contributed by atoms with van der Waals surface area (Å²) in [5, 5.41) is -0.625. The third-order valence-corrected chi connectivity index (χ3v) is 11.8. The Kier molecular flexibility index (Phi) is 5.59. The minimum absolute atomic E-state index is 0.0145. The zero-order valence-electron chi connectivity index (χ0n) is 22.5. The van der Waals surface area contributed by atoms with Crippen LogP contribution in [0.15, 0.2) is 24.3 Å². The number of fused-ring (bicyclic) bond motifs is 3. The smallest absolute Gasteiger partial charge is 0.242 e. The topological polar surface area (TPSA) is 40.6 Å². The van der Waals surface area contributed by atoms with E-state index in [4.69, 9.17) is 0 Å². The number of nitrogens with zero attached hydrogens (tertiary/aromatic N) is 2. The first-order valence-electron chi connectivity index (χ1n) is 12.7. The molecule has 0 spiro atoms. The van der Waals surface area contributed by atoms with Crippen LogP contribution in [0.25, 0.3) is 0 Å². The summed E-state index contributed by atoms with van der Waals surface area (Å²) < 4.78 is 0. The van der Waals surface area contributed by atoms with Crippen molar-refractivity contribution in [2.45, 2.75) is 38.5 Å². The zero-order chi connectivity index (χ0) is 24.8. The fourth-order valence-corrected chi connectivity index (χ4v) is 7.66. The molecule has 14 heteroatoms. The first-order valence-corrected chi connectivity index (χ1v) is 12.7. The molecule has 0 N–H and O–H groups in total. The summed E-state index contributed by atoms with van der Waals surface area (Å²) in [7, 11) is 23.2. The van der Waals surface area contributed by atoms with Crippen LogP contribution >= 0.6 is 0 Å².